The molecule has 2 rings (SSSR count). The quantitative estimate of drug-likeness (QED) is 0.664. The average Bonchev–Trinajstić information content (AvgIpc) is 2.37. The number of halogens is 4. The maximum Gasteiger partial charge on any atom is 0.412 e. The lowest BCUT2D eigenvalue weighted by Gasteiger charge is -2.29. The smallest absolute Gasteiger partial charge is 0.389 e. The highest BCUT2D eigenvalue weighted by Gasteiger charge is 2.35. The molecule has 1 aliphatic rings. The first-order chi connectivity index (χ1) is 9.29. The van der Waals surface area contributed by atoms with Crippen LogP contribution in [-0.4, -0.2) is 24.4 Å². The van der Waals surface area contributed by atoms with Crippen LogP contribution in [0.3, 0.4) is 0 Å². The molecule has 0 fully saturated rings. The summed E-state index contributed by atoms with van der Waals surface area (Å²) < 4.78 is 51.4. The molecule has 0 aromatic heterocycles. The van der Waals surface area contributed by atoms with Crippen molar-refractivity contribution in [2.24, 2.45) is 0 Å². The van der Waals surface area contributed by atoms with Crippen LogP contribution in [0.25, 0.3) is 0 Å². The highest BCUT2D eigenvalue weighted by atomic mass is 19.4. The fraction of sp³-hybridized carbons (Fsp3) is 0.429. The van der Waals surface area contributed by atoms with Crippen LogP contribution in [0.5, 0.6) is 0 Å². The molecule has 0 aliphatic carbocycles. The molecule has 20 heavy (non-hydrogen) atoms. The Labute approximate surface area is 114 Å². The zero-order valence-corrected chi connectivity index (χ0v) is 10.9. The minimum absolute atomic E-state index is 0.0276. The van der Waals surface area contributed by atoms with E-state index in [0.717, 1.165) is 6.08 Å². The molecule has 1 aromatic carbocycles. The Morgan fingerprint density at radius 1 is 1.30 bits per heavy atom. The van der Waals surface area contributed by atoms with E-state index in [1.165, 1.54) is 19.1 Å². The van der Waals surface area contributed by atoms with Gasteiger partial charge in [-0.25, -0.2) is 4.39 Å². The summed E-state index contributed by atoms with van der Waals surface area (Å²) in [6.07, 6.45) is -4.15. The van der Waals surface area contributed by atoms with E-state index >= 15 is 0 Å². The molecule has 1 atom stereocenters. The van der Waals surface area contributed by atoms with Gasteiger partial charge < -0.3 is 10.0 Å². The van der Waals surface area contributed by atoms with Gasteiger partial charge >= 0.3 is 6.18 Å². The predicted molar refractivity (Wildman–Crippen MR) is 68.0 cm³/mol. The molecule has 0 radical (unpaired) electrons. The van der Waals surface area contributed by atoms with Crippen molar-refractivity contribution < 1.29 is 22.7 Å². The van der Waals surface area contributed by atoms with Crippen LogP contribution in [0.4, 0.5) is 23.2 Å². The predicted octanol–water partition coefficient (Wildman–Crippen LogP) is 3.58. The second-order valence-corrected chi connectivity index (χ2v) is 4.81. The van der Waals surface area contributed by atoms with Crippen molar-refractivity contribution in [1.29, 1.82) is 0 Å². The minimum Gasteiger partial charge on any atom is -0.389 e. The molecule has 2 nitrogen and oxygen atoms in total. The summed E-state index contributed by atoms with van der Waals surface area (Å²) in [7, 11) is 0. The van der Waals surface area contributed by atoms with Crippen molar-refractivity contribution in [3.8, 4) is 0 Å². The number of hydrogen-bond acceptors (Lipinski definition) is 2. The van der Waals surface area contributed by atoms with Gasteiger partial charge in [-0.15, -0.1) is 0 Å². The van der Waals surface area contributed by atoms with Crippen molar-refractivity contribution in [2.45, 2.75) is 25.6 Å². The molecule has 1 aliphatic heterocycles. The third-order valence-electron chi connectivity index (χ3n) is 3.37. The Balaban J connectivity index is 2.17. The van der Waals surface area contributed by atoms with Crippen LogP contribution < -0.4 is 4.90 Å². The van der Waals surface area contributed by atoms with Crippen LogP contribution in [-0.2, 0) is 0 Å². The van der Waals surface area contributed by atoms with E-state index in [1.54, 1.807) is 11.0 Å². The lowest BCUT2D eigenvalue weighted by Crippen LogP contribution is -2.32. The van der Waals surface area contributed by atoms with E-state index in [0.29, 0.717) is 5.56 Å². The number of aliphatic hydroxyl groups is 1. The molecular formula is C14H15F4NO. The van der Waals surface area contributed by atoms with Crippen LogP contribution >= 0.6 is 0 Å². The molecule has 0 spiro atoms. The monoisotopic (exact) mass is 289 g/mol. The Hall–Kier alpha value is -1.56. The topological polar surface area (TPSA) is 23.5 Å². The summed E-state index contributed by atoms with van der Waals surface area (Å²) >= 11 is 0. The molecule has 0 unspecified atom stereocenters. The van der Waals surface area contributed by atoms with Gasteiger partial charge in [0.2, 0.25) is 0 Å². The van der Waals surface area contributed by atoms with Gasteiger partial charge in [0, 0.05) is 18.7 Å². The highest BCUT2D eigenvalue weighted by Crippen LogP contribution is 2.32. The largest absolute Gasteiger partial charge is 0.412 e. The normalized spacial score (nSPS) is 17.9. The van der Waals surface area contributed by atoms with E-state index in [-0.39, 0.29) is 25.2 Å². The molecule has 0 saturated carbocycles. The molecule has 0 amide bonds. The molecular weight excluding hydrogens is 274 g/mol. The number of alkyl halides is 3. The lowest BCUT2D eigenvalue weighted by atomic mass is 10.1. The van der Waals surface area contributed by atoms with Crippen LogP contribution in [0.2, 0.25) is 0 Å². The third kappa shape index (κ3) is 3.12. The van der Waals surface area contributed by atoms with E-state index in [1.807, 2.05) is 0 Å². The number of rotatable bonds is 2. The van der Waals surface area contributed by atoms with Gasteiger partial charge in [0.1, 0.15) is 5.82 Å². The summed E-state index contributed by atoms with van der Waals surface area (Å²) in [5.74, 6) is -0.535. The van der Waals surface area contributed by atoms with Gasteiger partial charge in [0.25, 0.3) is 0 Å². The Kier molecular flexibility index (Phi) is 4.04. The van der Waals surface area contributed by atoms with Crippen molar-refractivity contribution in [1.82, 2.24) is 0 Å². The summed E-state index contributed by atoms with van der Waals surface area (Å²) in [4.78, 5) is 1.55. The first kappa shape index (κ1) is 14.8. The molecule has 0 bridgehead atoms. The standard InChI is InChI=1S/C14H15F4NO/c1-9(20)10-2-3-13(12(15)8-10)19-6-4-11(5-7-19)14(16,17)18/h2-4,8-9,20H,5-7H2,1H3/t9-/m1/s1. The molecule has 0 saturated heterocycles. The molecule has 1 aromatic rings. The molecule has 1 heterocycles. The van der Waals surface area contributed by atoms with E-state index in [4.69, 9.17) is 0 Å². The average molecular weight is 289 g/mol. The molecule has 6 heteroatoms. The maximum absolute atomic E-state index is 13.9. The van der Waals surface area contributed by atoms with Gasteiger partial charge in [0.05, 0.1) is 11.8 Å². The summed E-state index contributed by atoms with van der Waals surface area (Å²) in [5.41, 5.74) is 0.136. The third-order valence-corrected chi connectivity index (χ3v) is 3.37. The number of nitrogens with zero attached hydrogens (tertiary/aromatic N) is 1. The van der Waals surface area contributed by atoms with Crippen molar-refractivity contribution >= 4 is 5.69 Å². The van der Waals surface area contributed by atoms with E-state index in [2.05, 4.69) is 0 Å². The Morgan fingerprint density at radius 2 is 2.00 bits per heavy atom. The first-order valence-electron chi connectivity index (χ1n) is 6.27. The summed E-state index contributed by atoms with van der Waals surface area (Å²) in [6.45, 7) is 1.67. The first-order valence-corrected chi connectivity index (χ1v) is 6.27. The summed E-state index contributed by atoms with van der Waals surface area (Å²) in [5, 5.41) is 9.36. The summed E-state index contributed by atoms with van der Waals surface area (Å²) in [6, 6.07) is 4.28. The van der Waals surface area contributed by atoms with Crippen LogP contribution in [0, 0.1) is 5.82 Å². The maximum atomic E-state index is 13.9. The minimum atomic E-state index is -4.30. The van der Waals surface area contributed by atoms with E-state index in [9.17, 15) is 22.7 Å². The SMILES string of the molecule is C[C@@H](O)c1ccc(N2CC=C(C(F)(F)F)CC2)c(F)c1. The van der Waals surface area contributed by atoms with Crippen molar-refractivity contribution in [2.75, 3.05) is 18.0 Å². The molecule has 110 valence electrons. The van der Waals surface area contributed by atoms with Crippen LogP contribution in [0.15, 0.2) is 29.8 Å². The number of anilines is 1. The van der Waals surface area contributed by atoms with Gasteiger partial charge in [-0.2, -0.15) is 13.2 Å². The molecule has 1 N–H and O–H groups in total. The van der Waals surface area contributed by atoms with E-state index < -0.39 is 23.7 Å². The van der Waals surface area contributed by atoms with Gasteiger partial charge in [-0.3, -0.25) is 0 Å². The second kappa shape index (κ2) is 5.44. The zero-order chi connectivity index (χ0) is 14.9. The van der Waals surface area contributed by atoms with Crippen molar-refractivity contribution in [3.05, 3.63) is 41.2 Å². The van der Waals surface area contributed by atoms with Crippen molar-refractivity contribution in [3.63, 3.8) is 0 Å². The Bertz CT molecular complexity index is 522. The number of aliphatic hydroxyl groups excluding tert-OH is 1. The second-order valence-electron chi connectivity index (χ2n) is 4.81. The van der Waals surface area contributed by atoms with Gasteiger partial charge in [0.15, 0.2) is 0 Å². The fourth-order valence-corrected chi connectivity index (χ4v) is 2.18. The highest BCUT2D eigenvalue weighted by molar-refractivity contribution is 5.51. The van der Waals surface area contributed by atoms with Crippen LogP contribution in [0.1, 0.15) is 25.0 Å². The lowest BCUT2D eigenvalue weighted by molar-refractivity contribution is -0.0944. The fourth-order valence-electron chi connectivity index (χ4n) is 2.18. The zero-order valence-electron chi connectivity index (χ0n) is 10.9. The Morgan fingerprint density at radius 3 is 2.45 bits per heavy atom. The van der Waals surface area contributed by atoms with Gasteiger partial charge in [-0.1, -0.05) is 12.1 Å². The number of benzene rings is 1. The van der Waals surface area contributed by atoms with Gasteiger partial charge in [-0.05, 0) is 31.0 Å². The number of hydrogen-bond donors (Lipinski definition) is 1.